The quantitative estimate of drug-likeness (QED) is 0.867. The highest BCUT2D eigenvalue weighted by Crippen LogP contribution is 2.48. The van der Waals surface area contributed by atoms with E-state index in [-0.39, 0.29) is 0 Å². The smallest absolute Gasteiger partial charge is 0.0991 e. The van der Waals surface area contributed by atoms with Gasteiger partial charge in [-0.05, 0) is 53.5 Å². The van der Waals surface area contributed by atoms with Gasteiger partial charge < -0.3 is 5.32 Å². The van der Waals surface area contributed by atoms with Crippen LogP contribution >= 0.6 is 0 Å². The van der Waals surface area contributed by atoms with Crippen molar-refractivity contribution in [2.45, 2.75) is 44.3 Å². The van der Waals surface area contributed by atoms with E-state index in [1.165, 1.54) is 42.5 Å². The normalized spacial score (nSPS) is 25.5. The number of hydrogen-bond acceptors (Lipinski definition) is 3. The van der Waals surface area contributed by atoms with E-state index in [0.717, 1.165) is 25.2 Å². The molecule has 0 aromatic heterocycles. The molecule has 0 spiro atoms. The lowest BCUT2D eigenvalue weighted by molar-refractivity contribution is 0.219. The minimum absolute atomic E-state index is 0.476. The van der Waals surface area contributed by atoms with E-state index in [1.54, 1.807) is 0 Å². The fraction of sp³-hybridized carbons (Fsp3) is 0.435. The lowest BCUT2D eigenvalue weighted by Crippen LogP contribution is -2.34. The third-order valence-corrected chi connectivity index (χ3v) is 6.40. The van der Waals surface area contributed by atoms with Gasteiger partial charge in [-0.2, -0.15) is 5.26 Å². The molecule has 132 valence electrons. The molecule has 3 aliphatic rings. The number of nitrogens with zero attached hydrogens (tertiary/aromatic N) is 2. The maximum atomic E-state index is 9.09. The molecule has 3 heteroatoms. The highest BCUT2D eigenvalue weighted by Gasteiger charge is 2.47. The molecule has 0 bridgehead atoms. The molecule has 2 fully saturated rings. The molecule has 1 unspecified atom stereocenters. The summed E-state index contributed by atoms with van der Waals surface area (Å²) in [6.07, 6.45) is 3.98. The van der Waals surface area contributed by atoms with Crippen LogP contribution in [0.15, 0.2) is 48.5 Å². The average Bonchev–Trinajstić information content (AvgIpc) is 3.57. The first-order valence-electron chi connectivity index (χ1n) is 9.77. The van der Waals surface area contributed by atoms with E-state index in [9.17, 15) is 0 Å². The van der Waals surface area contributed by atoms with Gasteiger partial charge in [0.15, 0.2) is 0 Å². The maximum Gasteiger partial charge on any atom is 0.0991 e. The van der Waals surface area contributed by atoms with Crippen molar-refractivity contribution in [3.8, 4) is 6.07 Å². The molecular formula is C23H25N3. The molecule has 2 aliphatic carbocycles. The first kappa shape index (κ1) is 16.1. The van der Waals surface area contributed by atoms with Gasteiger partial charge in [0.05, 0.1) is 11.6 Å². The molecule has 0 amide bonds. The maximum absolute atomic E-state index is 9.09. The Morgan fingerprint density at radius 1 is 1.08 bits per heavy atom. The van der Waals surface area contributed by atoms with Crippen LogP contribution in [0, 0.1) is 16.7 Å². The standard InChI is InChI=1S/C23H25N3/c24-12-17-6-7-19-13-26(14-20(19)10-17)16-23(8-9-23)15-25-22-11-21(22)18-4-2-1-3-5-18/h1-7,10,21-22,25H,8-9,11,13-16H2/t21-,22?/m1/s1. The van der Waals surface area contributed by atoms with Crippen molar-refractivity contribution in [3.63, 3.8) is 0 Å². The van der Waals surface area contributed by atoms with Crippen molar-refractivity contribution in [1.82, 2.24) is 10.2 Å². The second-order valence-corrected chi connectivity index (χ2v) is 8.48. The van der Waals surface area contributed by atoms with Gasteiger partial charge in [0, 0.05) is 38.1 Å². The Bertz CT molecular complexity index is 848. The molecule has 0 radical (unpaired) electrons. The molecule has 1 N–H and O–H groups in total. The van der Waals surface area contributed by atoms with Crippen molar-refractivity contribution in [3.05, 3.63) is 70.8 Å². The SMILES string of the molecule is N#Cc1ccc2c(c1)CN(CC1(CNC3C[C@@H]3c3ccccc3)CC1)C2. The summed E-state index contributed by atoms with van der Waals surface area (Å²) in [6.45, 7) is 4.37. The molecule has 5 rings (SSSR count). The Kier molecular flexibility index (Phi) is 3.85. The fourth-order valence-electron chi connectivity index (χ4n) is 4.53. The molecule has 1 aliphatic heterocycles. The molecule has 2 aromatic rings. The highest BCUT2D eigenvalue weighted by molar-refractivity contribution is 5.40. The van der Waals surface area contributed by atoms with Crippen molar-refractivity contribution in [1.29, 1.82) is 5.26 Å². The Morgan fingerprint density at radius 2 is 1.88 bits per heavy atom. The second-order valence-electron chi connectivity index (χ2n) is 8.48. The van der Waals surface area contributed by atoms with Gasteiger partial charge in [0.2, 0.25) is 0 Å². The summed E-state index contributed by atoms with van der Waals surface area (Å²) < 4.78 is 0. The third kappa shape index (κ3) is 3.16. The van der Waals surface area contributed by atoms with Crippen molar-refractivity contribution >= 4 is 0 Å². The molecular weight excluding hydrogens is 318 g/mol. The van der Waals surface area contributed by atoms with Crippen LogP contribution in [-0.2, 0) is 13.1 Å². The molecule has 2 aromatic carbocycles. The van der Waals surface area contributed by atoms with Crippen LogP contribution in [0.5, 0.6) is 0 Å². The van der Waals surface area contributed by atoms with E-state index in [4.69, 9.17) is 5.26 Å². The topological polar surface area (TPSA) is 39.1 Å². The Labute approximate surface area is 155 Å². The molecule has 26 heavy (non-hydrogen) atoms. The van der Waals surface area contributed by atoms with Gasteiger partial charge in [-0.25, -0.2) is 0 Å². The van der Waals surface area contributed by atoms with Crippen molar-refractivity contribution in [2.24, 2.45) is 5.41 Å². The largest absolute Gasteiger partial charge is 0.313 e. The number of fused-ring (bicyclic) bond motifs is 1. The first-order valence-corrected chi connectivity index (χ1v) is 9.77. The minimum Gasteiger partial charge on any atom is -0.313 e. The Hall–Kier alpha value is -2.15. The van der Waals surface area contributed by atoms with Crippen LogP contribution in [0.25, 0.3) is 0 Å². The number of nitrogens with one attached hydrogen (secondary N) is 1. The Balaban J connectivity index is 1.14. The Morgan fingerprint density at radius 3 is 2.65 bits per heavy atom. The molecule has 3 nitrogen and oxygen atoms in total. The molecule has 2 atom stereocenters. The molecule has 1 heterocycles. The van der Waals surface area contributed by atoms with E-state index < -0.39 is 0 Å². The minimum atomic E-state index is 0.476. The lowest BCUT2D eigenvalue weighted by Gasteiger charge is -2.23. The zero-order valence-electron chi connectivity index (χ0n) is 15.1. The van der Waals surface area contributed by atoms with E-state index in [2.05, 4.69) is 58.8 Å². The van der Waals surface area contributed by atoms with Gasteiger partial charge in [-0.15, -0.1) is 0 Å². The predicted octanol–water partition coefficient (Wildman–Crippen LogP) is 3.80. The number of benzene rings is 2. The van der Waals surface area contributed by atoms with Gasteiger partial charge in [0.1, 0.15) is 0 Å². The zero-order valence-corrected chi connectivity index (χ0v) is 15.1. The first-order chi connectivity index (χ1) is 12.7. The number of hydrogen-bond donors (Lipinski definition) is 1. The van der Waals surface area contributed by atoms with E-state index in [0.29, 0.717) is 17.4 Å². The molecule has 2 saturated carbocycles. The van der Waals surface area contributed by atoms with Gasteiger partial charge in [-0.1, -0.05) is 36.4 Å². The average molecular weight is 343 g/mol. The van der Waals surface area contributed by atoms with E-state index in [1.807, 2.05) is 6.07 Å². The van der Waals surface area contributed by atoms with Crippen LogP contribution in [0.4, 0.5) is 0 Å². The number of rotatable bonds is 6. The van der Waals surface area contributed by atoms with Crippen LogP contribution < -0.4 is 5.32 Å². The summed E-state index contributed by atoms with van der Waals surface area (Å²) in [5, 5.41) is 12.9. The summed E-state index contributed by atoms with van der Waals surface area (Å²) in [4.78, 5) is 2.57. The van der Waals surface area contributed by atoms with Crippen LogP contribution in [0.1, 0.15) is 47.4 Å². The monoisotopic (exact) mass is 343 g/mol. The lowest BCUT2D eigenvalue weighted by atomic mass is 10.1. The van der Waals surface area contributed by atoms with Crippen LogP contribution in [0.2, 0.25) is 0 Å². The van der Waals surface area contributed by atoms with Gasteiger partial charge >= 0.3 is 0 Å². The van der Waals surface area contributed by atoms with Crippen LogP contribution in [-0.4, -0.2) is 24.0 Å². The summed E-state index contributed by atoms with van der Waals surface area (Å²) in [5.74, 6) is 0.715. The van der Waals surface area contributed by atoms with Gasteiger partial charge in [0.25, 0.3) is 0 Å². The highest BCUT2D eigenvalue weighted by atomic mass is 15.2. The zero-order chi connectivity index (χ0) is 17.6. The van der Waals surface area contributed by atoms with E-state index >= 15 is 0 Å². The molecule has 0 saturated heterocycles. The van der Waals surface area contributed by atoms with Gasteiger partial charge in [-0.3, -0.25) is 4.90 Å². The van der Waals surface area contributed by atoms with Crippen LogP contribution in [0.3, 0.4) is 0 Å². The summed E-state index contributed by atoms with van der Waals surface area (Å²) >= 11 is 0. The van der Waals surface area contributed by atoms with Crippen molar-refractivity contribution < 1.29 is 0 Å². The third-order valence-electron chi connectivity index (χ3n) is 6.40. The summed E-state index contributed by atoms with van der Waals surface area (Å²) in [7, 11) is 0. The fourth-order valence-corrected chi connectivity index (χ4v) is 4.53. The summed E-state index contributed by atoms with van der Waals surface area (Å²) in [5.41, 5.74) is 5.50. The second kappa shape index (κ2) is 6.23. The predicted molar refractivity (Wildman–Crippen MR) is 103 cm³/mol. The van der Waals surface area contributed by atoms with Crippen molar-refractivity contribution in [2.75, 3.05) is 13.1 Å². The summed E-state index contributed by atoms with van der Waals surface area (Å²) in [6, 6.07) is 20.0. The number of nitriles is 1.